The van der Waals surface area contributed by atoms with Gasteiger partial charge in [0.15, 0.2) is 5.69 Å². The predicted octanol–water partition coefficient (Wildman–Crippen LogP) is 2.38. The molecule has 0 saturated carbocycles. The van der Waals surface area contributed by atoms with E-state index in [1.807, 2.05) is 24.3 Å². The molecule has 1 aromatic carbocycles. The van der Waals surface area contributed by atoms with E-state index in [1.54, 1.807) is 6.20 Å². The lowest BCUT2D eigenvalue weighted by Crippen LogP contribution is -1.98. The lowest BCUT2D eigenvalue weighted by molar-refractivity contribution is 0.0691. The molecule has 5 nitrogen and oxygen atoms in total. The van der Waals surface area contributed by atoms with Crippen molar-refractivity contribution in [1.29, 1.82) is 0 Å². The fraction of sp³-hybridized carbons (Fsp3) is 0. The Morgan fingerprint density at radius 2 is 2.18 bits per heavy atom. The first kappa shape index (κ1) is 9.98. The largest absolute Gasteiger partial charge is 0.476 e. The molecule has 17 heavy (non-hydrogen) atoms. The number of nitrogens with zero attached hydrogens (tertiary/aromatic N) is 2. The highest BCUT2D eigenvalue weighted by Crippen LogP contribution is 2.32. The molecule has 0 radical (unpaired) electrons. The Bertz CT molecular complexity index is 701. The smallest absolute Gasteiger partial charge is 0.358 e. The second-order valence-corrected chi connectivity index (χ2v) is 4.26. The van der Waals surface area contributed by atoms with Crippen molar-refractivity contribution in [3.63, 3.8) is 0 Å². The quantitative estimate of drug-likeness (QED) is 0.726. The Balaban J connectivity index is 2.28. The van der Waals surface area contributed by atoms with E-state index in [2.05, 4.69) is 14.6 Å². The standard InChI is InChI=1S/C11H7N3O2S/c15-11(16)9-10(17-14-13-9)7-5-12-8-4-2-1-3-6(7)8/h1-5,12H,(H,15,16). The summed E-state index contributed by atoms with van der Waals surface area (Å²) in [6, 6.07) is 7.71. The first-order valence-corrected chi connectivity index (χ1v) is 5.67. The molecule has 0 amide bonds. The summed E-state index contributed by atoms with van der Waals surface area (Å²) >= 11 is 1.09. The topological polar surface area (TPSA) is 78.9 Å². The number of aromatic amines is 1. The number of hydrogen-bond acceptors (Lipinski definition) is 4. The summed E-state index contributed by atoms with van der Waals surface area (Å²) < 4.78 is 3.70. The zero-order valence-corrected chi connectivity index (χ0v) is 9.36. The van der Waals surface area contributed by atoms with E-state index in [0.29, 0.717) is 4.88 Å². The van der Waals surface area contributed by atoms with Gasteiger partial charge in [0, 0.05) is 22.7 Å². The number of carboxylic acid groups (broad SMARTS) is 1. The third-order valence-corrected chi connectivity index (χ3v) is 3.28. The summed E-state index contributed by atoms with van der Waals surface area (Å²) in [6.45, 7) is 0. The van der Waals surface area contributed by atoms with Crippen LogP contribution in [0.1, 0.15) is 10.5 Å². The molecule has 3 rings (SSSR count). The number of aromatic carboxylic acids is 1. The molecule has 6 heteroatoms. The van der Waals surface area contributed by atoms with Crippen LogP contribution in [0.25, 0.3) is 21.3 Å². The van der Waals surface area contributed by atoms with E-state index in [-0.39, 0.29) is 5.69 Å². The van der Waals surface area contributed by atoms with Gasteiger partial charge in [-0.25, -0.2) is 4.79 Å². The predicted molar refractivity (Wildman–Crippen MR) is 64.2 cm³/mol. The van der Waals surface area contributed by atoms with E-state index >= 15 is 0 Å². The van der Waals surface area contributed by atoms with E-state index in [1.165, 1.54) is 0 Å². The molecule has 2 aromatic heterocycles. The molecule has 0 bridgehead atoms. The number of carboxylic acids is 1. The highest BCUT2D eigenvalue weighted by Gasteiger charge is 2.19. The van der Waals surface area contributed by atoms with Crippen LogP contribution in [0.4, 0.5) is 0 Å². The third-order valence-electron chi connectivity index (χ3n) is 2.52. The highest BCUT2D eigenvalue weighted by molar-refractivity contribution is 7.09. The zero-order chi connectivity index (χ0) is 11.8. The van der Waals surface area contributed by atoms with Gasteiger partial charge in [-0.2, -0.15) is 0 Å². The average Bonchev–Trinajstić information content (AvgIpc) is 2.94. The Morgan fingerprint density at radius 1 is 1.35 bits per heavy atom. The highest BCUT2D eigenvalue weighted by atomic mass is 32.1. The first-order valence-electron chi connectivity index (χ1n) is 4.89. The van der Waals surface area contributed by atoms with Gasteiger partial charge in [0.25, 0.3) is 0 Å². The summed E-state index contributed by atoms with van der Waals surface area (Å²) in [5, 5.41) is 13.6. The maximum absolute atomic E-state index is 11.0. The van der Waals surface area contributed by atoms with Crippen LogP contribution in [0, 0.1) is 0 Å². The van der Waals surface area contributed by atoms with Gasteiger partial charge >= 0.3 is 5.97 Å². The van der Waals surface area contributed by atoms with Crippen LogP contribution < -0.4 is 0 Å². The Morgan fingerprint density at radius 3 is 3.00 bits per heavy atom. The molecule has 0 aliphatic carbocycles. The molecule has 0 aliphatic heterocycles. The average molecular weight is 245 g/mol. The minimum Gasteiger partial charge on any atom is -0.476 e. The van der Waals surface area contributed by atoms with Gasteiger partial charge < -0.3 is 10.1 Å². The summed E-state index contributed by atoms with van der Waals surface area (Å²) in [5.41, 5.74) is 1.79. The number of aromatic nitrogens is 3. The fourth-order valence-electron chi connectivity index (χ4n) is 1.77. The fourth-order valence-corrected chi connectivity index (χ4v) is 2.45. The summed E-state index contributed by atoms with van der Waals surface area (Å²) in [5.74, 6) is -1.06. The molecule has 0 fully saturated rings. The number of nitrogens with one attached hydrogen (secondary N) is 1. The van der Waals surface area contributed by atoms with Gasteiger partial charge in [-0.05, 0) is 17.6 Å². The minimum atomic E-state index is -1.06. The zero-order valence-electron chi connectivity index (χ0n) is 8.54. The van der Waals surface area contributed by atoms with Crippen molar-refractivity contribution in [1.82, 2.24) is 14.6 Å². The van der Waals surface area contributed by atoms with Gasteiger partial charge in [0.05, 0.1) is 4.88 Å². The number of hydrogen-bond donors (Lipinski definition) is 2. The normalized spacial score (nSPS) is 10.8. The Hall–Kier alpha value is -2.21. The summed E-state index contributed by atoms with van der Waals surface area (Å²) in [6.07, 6.45) is 1.78. The molecule has 0 saturated heterocycles. The SMILES string of the molecule is O=C(O)c1nnsc1-c1c[nH]c2ccccc12. The minimum absolute atomic E-state index is 0.000229. The van der Waals surface area contributed by atoms with E-state index in [0.717, 1.165) is 28.0 Å². The van der Waals surface area contributed by atoms with Gasteiger partial charge in [0.2, 0.25) is 0 Å². The monoisotopic (exact) mass is 245 g/mol. The first-order chi connectivity index (χ1) is 8.27. The van der Waals surface area contributed by atoms with E-state index in [9.17, 15) is 4.79 Å². The van der Waals surface area contributed by atoms with E-state index in [4.69, 9.17) is 5.11 Å². The number of H-pyrrole nitrogens is 1. The third kappa shape index (κ3) is 1.50. The van der Waals surface area contributed by atoms with Crippen molar-refractivity contribution in [3.05, 3.63) is 36.2 Å². The van der Waals surface area contributed by atoms with Crippen molar-refractivity contribution in [2.45, 2.75) is 0 Å². The lowest BCUT2D eigenvalue weighted by atomic mass is 10.1. The van der Waals surface area contributed by atoms with Crippen LogP contribution in [-0.2, 0) is 0 Å². The maximum Gasteiger partial charge on any atom is 0.358 e. The molecule has 84 valence electrons. The molecular formula is C11H7N3O2S. The van der Waals surface area contributed by atoms with Gasteiger partial charge in [-0.1, -0.05) is 22.7 Å². The van der Waals surface area contributed by atoms with Crippen molar-refractivity contribution < 1.29 is 9.90 Å². The number of carbonyl (C=O) groups is 1. The van der Waals surface area contributed by atoms with Crippen molar-refractivity contribution in [2.24, 2.45) is 0 Å². The van der Waals surface area contributed by atoms with E-state index < -0.39 is 5.97 Å². The van der Waals surface area contributed by atoms with Crippen molar-refractivity contribution in [3.8, 4) is 10.4 Å². The molecule has 0 aliphatic rings. The molecule has 2 N–H and O–H groups in total. The number of benzene rings is 1. The molecule has 3 aromatic rings. The lowest BCUT2D eigenvalue weighted by Gasteiger charge is -1.95. The van der Waals surface area contributed by atoms with Crippen LogP contribution >= 0.6 is 11.5 Å². The molecular weight excluding hydrogens is 238 g/mol. The number of para-hydroxylation sites is 1. The summed E-state index contributed by atoms with van der Waals surface area (Å²) in [7, 11) is 0. The Kier molecular flexibility index (Phi) is 2.15. The molecule has 2 heterocycles. The van der Waals surface area contributed by atoms with Crippen molar-refractivity contribution >= 4 is 28.4 Å². The maximum atomic E-state index is 11.0. The second-order valence-electron chi connectivity index (χ2n) is 3.50. The van der Waals surface area contributed by atoms with Gasteiger partial charge in [-0.15, -0.1) is 5.10 Å². The molecule has 0 atom stereocenters. The summed E-state index contributed by atoms with van der Waals surface area (Å²) in [4.78, 5) is 14.7. The second kappa shape index (κ2) is 3.67. The van der Waals surface area contributed by atoms with Gasteiger partial charge in [-0.3, -0.25) is 0 Å². The van der Waals surface area contributed by atoms with Crippen LogP contribution in [0.15, 0.2) is 30.5 Å². The van der Waals surface area contributed by atoms with Crippen molar-refractivity contribution in [2.75, 3.05) is 0 Å². The number of fused-ring (bicyclic) bond motifs is 1. The Labute approximate surface area is 99.9 Å². The number of rotatable bonds is 2. The van der Waals surface area contributed by atoms with Crippen LogP contribution in [0.5, 0.6) is 0 Å². The molecule has 0 unspecified atom stereocenters. The van der Waals surface area contributed by atoms with Crippen LogP contribution in [0.2, 0.25) is 0 Å². The van der Waals surface area contributed by atoms with Crippen LogP contribution in [-0.4, -0.2) is 25.6 Å². The van der Waals surface area contributed by atoms with Gasteiger partial charge in [0.1, 0.15) is 0 Å². The molecule has 0 spiro atoms. The van der Waals surface area contributed by atoms with Crippen LogP contribution in [0.3, 0.4) is 0 Å².